The monoisotopic (exact) mass is 304 g/mol. The average Bonchev–Trinajstić information content (AvgIpc) is 2.88. The summed E-state index contributed by atoms with van der Waals surface area (Å²) in [6.45, 7) is 0. The maximum Gasteiger partial charge on any atom is 0.269 e. The maximum absolute atomic E-state index is 12.7. The smallest absolute Gasteiger partial charge is 0.263 e. The summed E-state index contributed by atoms with van der Waals surface area (Å²) in [6, 6.07) is 15.9. The van der Waals surface area contributed by atoms with Gasteiger partial charge in [0.2, 0.25) is 0 Å². The Hall–Kier alpha value is -2.35. The van der Waals surface area contributed by atoms with Gasteiger partial charge in [0.25, 0.3) is 10.0 Å². The first-order valence-corrected chi connectivity index (χ1v) is 7.55. The van der Waals surface area contributed by atoms with E-state index in [0.29, 0.717) is 10.9 Å². The van der Waals surface area contributed by atoms with Gasteiger partial charge in [-0.3, -0.25) is 10.4 Å². The first-order chi connectivity index (χ1) is 10.0. The summed E-state index contributed by atoms with van der Waals surface area (Å²) in [7, 11) is -3.94. The second-order valence-electron chi connectivity index (χ2n) is 4.43. The SMILES string of the molecule is O=S(=O)(c1ccccc1)n1c(N(O)O)cc2ccccc21. The van der Waals surface area contributed by atoms with Crippen LogP contribution in [-0.4, -0.2) is 22.8 Å². The van der Waals surface area contributed by atoms with Gasteiger partial charge in [-0.1, -0.05) is 36.4 Å². The van der Waals surface area contributed by atoms with Crippen molar-refractivity contribution in [2.45, 2.75) is 4.90 Å². The number of fused-ring (bicyclic) bond motifs is 1. The number of benzene rings is 2. The Labute approximate surface area is 121 Å². The third-order valence-corrected chi connectivity index (χ3v) is 4.87. The molecular weight excluding hydrogens is 292 g/mol. The molecule has 0 aliphatic carbocycles. The van der Waals surface area contributed by atoms with Crippen LogP contribution in [0.25, 0.3) is 10.9 Å². The molecule has 3 rings (SSSR count). The summed E-state index contributed by atoms with van der Waals surface area (Å²) in [5.41, 5.74) is 0.365. The summed E-state index contributed by atoms with van der Waals surface area (Å²) in [5, 5.41) is 19.0. The van der Waals surface area contributed by atoms with Crippen LogP contribution in [0.3, 0.4) is 0 Å². The summed E-state index contributed by atoms with van der Waals surface area (Å²) in [6.07, 6.45) is 0. The van der Waals surface area contributed by atoms with Gasteiger partial charge < -0.3 is 0 Å². The van der Waals surface area contributed by atoms with Gasteiger partial charge in [-0.05, 0) is 24.3 Å². The highest BCUT2D eigenvalue weighted by Gasteiger charge is 2.24. The molecule has 108 valence electrons. The minimum absolute atomic E-state index is 0.0643. The molecule has 6 nitrogen and oxygen atoms in total. The third kappa shape index (κ3) is 2.17. The highest BCUT2D eigenvalue weighted by molar-refractivity contribution is 7.90. The number of rotatable bonds is 3. The molecule has 0 saturated heterocycles. The highest BCUT2D eigenvalue weighted by Crippen LogP contribution is 2.29. The number of para-hydroxylation sites is 1. The summed E-state index contributed by atoms with van der Waals surface area (Å²) >= 11 is 0. The number of nitrogens with zero attached hydrogens (tertiary/aromatic N) is 2. The molecule has 0 unspecified atom stereocenters. The van der Waals surface area contributed by atoms with Crippen molar-refractivity contribution in [2.24, 2.45) is 0 Å². The number of hydrogen-bond donors (Lipinski definition) is 2. The predicted molar refractivity (Wildman–Crippen MR) is 77.0 cm³/mol. The molecule has 21 heavy (non-hydrogen) atoms. The van der Waals surface area contributed by atoms with E-state index >= 15 is 0 Å². The average molecular weight is 304 g/mol. The molecule has 0 aliphatic heterocycles. The van der Waals surface area contributed by atoms with Crippen molar-refractivity contribution in [1.29, 1.82) is 0 Å². The first-order valence-electron chi connectivity index (χ1n) is 6.11. The molecule has 0 bridgehead atoms. The van der Waals surface area contributed by atoms with E-state index in [0.717, 1.165) is 3.97 Å². The van der Waals surface area contributed by atoms with Gasteiger partial charge in [-0.25, -0.2) is 12.4 Å². The Kier molecular flexibility index (Phi) is 3.17. The normalized spacial score (nSPS) is 11.7. The topological polar surface area (TPSA) is 82.8 Å². The van der Waals surface area contributed by atoms with Crippen molar-refractivity contribution in [1.82, 2.24) is 3.97 Å². The van der Waals surface area contributed by atoms with E-state index in [1.54, 1.807) is 42.5 Å². The van der Waals surface area contributed by atoms with Gasteiger partial charge in [0.15, 0.2) is 5.82 Å². The lowest BCUT2D eigenvalue weighted by Gasteiger charge is -2.14. The fourth-order valence-corrected chi connectivity index (χ4v) is 3.71. The van der Waals surface area contributed by atoms with E-state index in [4.69, 9.17) is 0 Å². The molecule has 7 heteroatoms. The fourth-order valence-electron chi connectivity index (χ4n) is 2.21. The standard InChI is InChI=1S/C14H12N2O4S/c17-16(18)14-10-11-6-4-5-9-13(11)15(14)21(19,20)12-7-2-1-3-8-12/h1-10,17-18H. The van der Waals surface area contributed by atoms with Crippen LogP contribution in [0.15, 0.2) is 65.6 Å². The molecule has 0 saturated carbocycles. The maximum atomic E-state index is 12.7. The number of aromatic nitrogens is 1. The Bertz CT molecular complexity index is 886. The lowest BCUT2D eigenvalue weighted by Crippen LogP contribution is -2.21. The van der Waals surface area contributed by atoms with Crippen LogP contribution < -0.4 is 5.23 Å². The van der Waals surface area contributed by atoms with Crippen LogP contribution in [0.5, 0.6) is 0 Å². The van der Waals surface area contributed by atoms with E-state index in [2.05, 4.69) is 0 Å². The lowest BCUT2D eigenvalue weighted by molar-refractivity contribution is 0.0265. The highest BCUT2D eigenvalue weighted by atomic mass is 32.2. The van der Waals surface area contributed by atoms with Gasteiger partial charge in [0.1, 0.15) is 0 Å². The summed E-state index contributed by atoms with van der Waals surface area (Å²) in [5.74, 6) is -0.250. The molecule has 0 aliphatic rings. The van der Waals surface area contributed by atoms with E-state index in [9.17, 15) is 18.8 Å². The molecule has 0 atom stereocenters. The van der Waals surface area contributed by atoms with Crippen LogP contribution in [-0.2, 0) is 10.0 Å². The Morgan fingerprint density at radius 1 is 0.905 bits per heavy atom. The fraction of sp³-hybridized carbons (Fsp3) is 0. The molecule has 1 heterocycles. The molecule has 3 aromatic rings. The molecule has 1 aromatic heterocycles. The van der Waals surface area contributed by atoms with Crippen molar-refractivity contribution in [3.05, 3.63) is 60.7 Å². The van der Waals surface area contributed by atoms with Crippen LogP contribution in [0.2, 0.25) is 0 Å². The number of anilines is 1. The van der Waals surface area contributed by atoms with Gasteiger partial charge in [0, 0.05) is 5.39 Å². The van der Waals surface area contributed by atoms with E-state index in [1.807, 2.05) is 0 Å². The third-order valence-electron chi connectivity index (χ3n) is 3.13. The summed E-state index contributed by atoms with van der Waals surface area (Å²) in [4.78, 5) is 0.0643. The lowest BCUT2D eigenvalue weighted by atomic mass is 10.2. The second-order valence-corrected chi connectivity index (χ2v) is 6.22. The quantitative estimate of drug-likeness (QED) is 0.726. The van der Waals surface area contributed by atoms with Crippen molar-refractivity contribution >= 4 is 26.7 Å². The van der Waals surface area contributed by atoms with E-state index in [1.165, 1.54) is 18.2 Å². The van der Waals surface area contributed by atoms with Crippen molar-refractivity contribution < 1.29 is 18.8 Å². The van der Waals surface area contributed by atoms with Gasteiger partial charge in [-0.2, -0.15) is 0 Å². The minimum atomic E-state index is -3.94. The molecule has 2 N–H and O–H groups in total. The van der Waals surface area contributed by atoms with Crippen LogP contribution in [0, 0.1) is 0 Å². The molecule has 0 radical (unpaired) electrons. The Morgan fingerprint density at radius 2 is 1.52 bits per heavy atom. The molecule has 2 aromatic carbocycles. The Balaban J connectivity index is 2.36. The molecule has 0 fully saturated rings. The second kappa shape index (κ2) is 4.88. The Morgan fingerprint density at radius 3 is 2.19 bits per heavy atom. The molecule has 0 amide bonds. The van der Waals surface area contributed by atoms with Crippen LogP contribution in [0.4, 0.5) is 5.82 Å². The van der Waals surface area contributed by atoms with Gasteiger partial charge in [0.05, 0.1) is 10.4 Å². The van der Waals surface area contributed by atoms with Gasteiger partial charge in [-0.15, -0.1) is 5.23 Å². The van der Waals surface area contributed by atoms with E-state index in [-0.39, 0.29) is 15.9 Å². The van der Waals surface area contributed by atoms with Crippen molar-refractivity contribution in [3.63, 3.8) is 0 Å². The van der Waals surface area contributed by atoms with E-state index < -0.39 is 10.0 Å². The molecular formula is C14H12N2O4S. The van der Waals surface area contributed by atoms with Crippen molar-refractivity contribution in [2.75, 3.05) is 5.23 Å². The minimum Gasteiger partial charge on any atom is -0.263 e. The summed E-state index contributed by atoms with van der Waals surface area (Å²) < 4.78 is 26.4. The number of hydrogen-bond acceptors (Lipinski definition) is 5. The largest absolute Gasteiger partial charge is 0.269 e. The van der Waals surface area contributed by atoms with Crippen molar-refractivity contribution in [3.8, 4) is 0 Å². The van der Waals surface area contributed by atoms with Crippen LogP contribution in [0.1, 0.15) is 0 Å². The van der Waals surface area contributed by atoms with Crippen LogP contribution >= 0.6 is 0 Å². The molecule has 0 spiro atoms. The first kappa shape index (κ1) is 13.6. The van der Waals surface area contributed by atoms with Gasteiger partial charge >= 0.3 is 0 Å². The zero-order valence-electron chi connectivity index (χ0n) is 10.8. The predicted octanol–water partition coefficient (Wildman–Crippen LogP) is 2.46. The zero-order valence-corrected chi connectivity index (χ0v) is 11.6. The zero-order chi connectivity index (χ0) is 15.0.